The lowest BCUT2D eigenvalue weighted by Crippen LogP contribution is -2.51. The van der Waals surface area contributed by atoms with Gasteiger partial charge in [-0.3, -0.25) is 24.4 Å². The van der Waals surface area contributed by atoms with Crippen LogP contribution < -0.4 is 10.6 Å². The summed E-state index contributed by atoms with van der Waals surface area (Å²) in [6, 6.07) is 0.423. The van der Waals surface area contributed by atoms with E-state index in [1.165, 1.54) is 4.90 Å². The molecule has 2 N–H and O–H groups in total. The van der Waals surface area contributed by atoms with Crippen molar-refractivity contribution in [2.24, 2.45) is 34.6 Å². The third kappa shape index (κ3) is 5.30. The molecule has 5 atom stereocenters. The standard InChI is InChI=1S/C23H37N5O3.HI/c1-15(2)12-18(27-8-10-31-11-9-27)14-26-23(24-3)25-6-7-28-21(29)19-16-4-5-17(13-16)20(19)22(28)30;/h4-5,15-20H,6-14H2,1-3H3,(H2,24,25,26);1H. The molecule has 0 spiro atoms. The summed E-state index contributed by atoms with van der Waals surface area (Å²) in [7, 11) is 1.75. The fourth-order valence-corrected chi connectivity index (χ4v) is 5.75. The molecule has 2 heterocycles. The molecule has 4 aliphatic rings. The Morgan fingerprint density at radius 3 is 2.31 bits per heavy atom. The Kier molecular flexibility index (Phi) is 8.97. The number of ether oxygens (including phenoxy) is 1. The Balaban J connectivity index is 0.00000289. The number of fused-ring (bicyclic) bond motifs is 5. The van der Waals surface area contributed by atoms with E-state index in [0.717, 1.165) is 45.7 Å². The minimum atomic E-state index is -0.120. The maximum absolute atomic E-state index is 12.8. The van der Waals surface area contributed by atoms with Gasteiger partial charge in [0.1, 0.15) is 0 Å². The molecule has 8 nitrogen and oxygen atoms in total. The van der Waals surface area contributed by atoms with Crippen LogP contribution in [0.1, 0.15) is 26.7 Å². The predicted molar refractivity (Wildman–Crippen MR) is 135 cm³/mol. The fourth-order valence-electron chi connectivity index (χ4n) is 5.75. The first-order valence-electron chi connectivity index (χ1n) is 11.8. The third-order valence-electron chi connectivity index (χ3n) is 7.22. The van der Waals surface area contributed by atoms with Crippen molar-refractivity contribution in [1.82, 2.24) is 20.4 Å². The Hall–Kier alpha value is -1.20. The topological polar surface area (TPSA) is 86.3 Å². The molecule has 0 radical (unpaired) electrons. The highest BCUT2D eigenvalue weighted by Gasteiger charge is 2.58. The van der Waals surface area contributed by atoms with Gasteiger partial charge in [-0.2, -0.15) is 0 Å². The van der Waals surface area contributed by atoms with Crippen molar-refractivity contribution in [2.45, 2.75) is 32.7 Å². The molecular weight excluding hydrogens is 521 g/mol. The number of hydrogen-bond donors (Lipinski definition) is 2. The maximum Gasteiger partial charge on any atom is 0.233 e. The molecule has 1 saturated carbocycles. The summed E-state index contributed by atoms with van der Waals surface area (Å²) in [5.74, 6) is 1.63. The molecule has 4 rings (SSSR count). The van der Waals surface area contributed by atoms with Crippen LogP contribution in [0.4, 0.5) is 0 Å². The van der Waals surface area contributed by atoms with Crippen molar-refractivity contribution >= 4 is 41.8 Å². The quantitative estimate of drug-likeness (QED) is 0.154. The molecule has 2 amide bonds. The first-order chi connectivity index (χ1) is 15.0. The van der Waals surface area contributed by atoms with Crippen molar-refractivity contribution in [3.63, 3.8) is 0 Å². The number of imide groups is 1. The highest BCUT2D eigenvalue weighted by Crippen LogP contribution is 2.52. The predicted octanol–water partition coefficient (Wildman–Crippen LogP) is 1.32. The van der Waals surface area contributed by atoms with E-state index in [4.69, 9.17) is 4.74 Å². The van der Waals surface area contributed by atoms with Crippen LogP contribution in [0, 0.1) is 29.6 Å². The number of guanidine groups is 1. The van der Waals surface area contributed by atoms with E-state index >= 15 is 0 Å². The number of carbonyl (C=O) groups is 2. The molecule has 9 heteroatoms. The summed E-state index contributed by atoms with van der Waals surface area (Å²) in [4.78, 5) is 33.9. The van der Waals surface area contributed by atoms with Crippen LogP contribution in [0.5, 0.6) is 0 Å². The van der Waals surface area contributed by atoms with E-state index in [2.05, 4.69) is 46.5 Å². The monoisotopic (exact) mass is 559 g/mol. The lowest BCUT2D eigenvalue weighted by atomic mass is 9.85. The number of aliphatic imine (C=N–C) groups is 1. The summed E-state index contributed by atoms with van der Waals surface area (Å²) >= 11 is 0. The Labute approximate surface area is 208 Å². The number of hydrogen-bond acceptors (Lipinski definition) is 5. The maximum atomic E-state index is 12.8. The summed E-state index contributed by atoms with van der Waals surface area (Å²) in [5.41, 5.74) is 0. The van der Waals surface area contributed by atoms with Crippen molar-refractivity contribution in [2.75, 3.05) is 53.0 Å². The Morgan fingerprint density at radius 2 is 1.75 bits per heavy atom. The number of halogens is 1. The van der Waals surface area contributed by atoms with E-state index in [1.54, 1.807) is 7.05 Å². The van der Waals surface area contributed by atoms with Gasteiger partial charge in [-0.15, -0.1) is 24.0 Å². The number of nitrogens with zero attached hydrogens (tertiary/aromatic N) is 3. The van der Waals surface area contributed by atoms with Gasteiger partial charge in [-0.05, 0) is 30.6 Å². The van der Waals surface area contributed by atoms with E-state index < -0.39 is 0 Å². The van der Waals surface area contributed by atoms with Crippen molar-refractivity contribution in [3.8, 4) is 0 Å². The molecule has 2 saturated heterocycles. The second-order valence-corrected chi connectivity index (χ2v) is 9.64. The lowest BCUT2D eigenvalue weighted by molar-refractivity contribution is -0.140. The summed E-state index contributed by atoms with van der Waals surface area (Å²) in [6.07, 6.45) is 6.34. The first-order valence-corrected chi connectivity index (χ1v) is 11.8. The molecule has 0 aromatic carbocycles. The normalized spacial score (nSPS) is 30.6. The summed E-state index contributed by atoms with van der Waals surface area (Å²) < 4.78 is 5.50. The third-order valence-corrected chi connectivity index (χ3v) is 7.22. The van der Waals surface area contributed by atoms with Gasteiger partial charge in [0.15, 0.2) is 5.96 Å². The van der Waals surface area contributed by atoms with Gasteiger partial charge in [-0.25, -0.2) is 0 Å². The number of likely N-dealkylation sites (tertiary alicyclic amines) is 1. The molecule has 180 valence electrons. The second kappa shape index (κ2) is 11.3. The van der Waals surface area contributed by atoms with Gasteiger partial charge in [0.05, 0.1) is 25.0 Å². The Morgan fingerprint density at radius 1 is 1.12 bits per heavy atom. The van der Waals surface area contributed by atoms with Crippen LogP contribution in [0.3, 0.4) is 0 Å². The van der Waals surface area contributed by atoms with E-state index in [1.807, 2.05) is 0 Å². The zero-order valence-corrected chi connectivity index (χ0v) is 21.8. The molecule has 32 heavy (non-hydrogen) atoms. The van der Waals surface area contributed by atoms with Crippen LogP contribution in [-0.4, -0.2) is 86.6 Å². The average Bonchev–Trinajstić information content (AvgIpc) is 3.45. The zero-order valence-electron chi connectivity index (χ0n) is 19.5. The van der Waals surface area contributed by atoms with E-state index in [0.29, 0.717) is 31.0 Å². The van der Waals surface area contributed by atoms with Gasteiger partial charge in [0, 0.05) is 45.8 Å². The summed E-state index contributed by atoms with van der Waals surface area (Å²) in [5, 5.41) is 6.73. The van der Waals surface area contributed by atoms with Crippen LogP contribution in [0.25, 0.3) is 0 Å². The summed E-state index contributed by atoms with van der Waals surface area (Å²) in [6.45, 7) is 9.71. The van der Waals surface area contributed by atoms with Crippen LogP contribution in [0.15, 0.2) is 17.1 Å². The second-order valence-electron chi connectivity index (χ2n) is 9.64. The molecule has 2 bridgehead atoms. The number of amides is 2. The van der Waals surface area contributed by atoms with E-state index in [-0.39, 0.29) is 59.5 Å². The average molecular weight is 559 g/mol. The van der Waals surface area contributed by atoms with Gasteiger partial charge in [0.2, 0.25) is 11.8 Å². The van der Waals surface area contributed by atoms with Gasteiger partial charge in [0.25, 0.3) is 0 Å². The van der Waals surface area contributed by atoms with E-state index in [9.17, 15) is 9.59 Å². The largest absolute Gasteiger partial charge is 0.379 e. The SMILES string of the molecule is CN=C(NCCN1C(=O)C2C3C=CC(C3)C2C1=O)NCC(CC(C)C)N1CCOCC1.I. The number of allylic oxidation sites excluding steroid dienone is 2. The number of rotatable bonds is 8. The molecule has 2 aliphatic heterocycles. The zero-order chi connectivity index (χ0) is 22.0. The lowest BCUT2D eigenvalue weighted by Gasteiger charge is -2.35. The molecule has 0 aromatic rings. The van der Waals surface area contributed by atoms with Gasteiger partial charge >= 0.3 is 0 Å². The fraction of sp³-hybridized carbons (Fsp3) is 0.783. The minimum Gasteiger partial charge on any atom is -0.379 e. The highest BCUT2D eigenvalue weighted by molar-refractivity contribution is 14.0. The van der Waals surface area contributed by atoms with Crippen molar-refractivity contribution in [3.05, 3.63) is 12.2 Å². The highest BCUT2D eigenvalue weighted by atomic mass is 127. The molecule has 2 aliphatic carbocycles. The van der Waals surface area contributed by atoms with Gasteiger partial charge < -0.3 is 15.4 Å². The van der Waals surface area contributed by atoms with Crippen LogP contribution in [-0.2, 0) is 14.3 Å². The molecule has 0 aromatic heterocycles. The number of nitrogens with one attached hydrogen (secondary N) is 2. The van der Waals surface area contributed by atoms with Gasteiger partial charge in [-0.1, -0.05) is 26.0 Å². The number of carbonyl (C=O) groups excluding carboxylic acids is 2. The van der Waals surface area contributed by atoms with Crippen LogP contribution in [0.2, 0.25) is 0 Å². The molecule has 5 unspecified atom stereocenters. The smallest absolute Gasteiger partial charge is 0.233 e. The molecule has 3 fully saturated rings. The number of morpholine rings is 1. The minimum absolute atomic E-state index is 0. The first kappa shape index (κ1) is 25.4. The Bertz CT molecular complexity index is 707. The van der Waals surface area contributed by atoms with Crippen molar-refractivity contribution < 1.29 is 14.3 Å². The van der Waals surface area contributed by atoms with Crippen molar-refractivity contribution in [1.29, 1.82) is 0 Å². The molecular formula is C23H38IN5O3. The van der Waals surface area contributed by atoms with Crippen LogP contribution >= 0.6 is 24.0 Å².